The fourth-order valence-corrected chi connectivity index (χ4v) is 3.31. The molecule has 0 unspecified atom stereocenters. The van der Waals surface area contributed by atoms with Crippen LogP contribution in [0.2, 0.25) is 0 Å². The second-order valence-electron chi connectivity index (χ2n) is 6.82. The van der Waals surface area contributed by atoms with Crippen molar-refractivity contribution in [2.24, 2.45) is 0 Å². The lowest BCUT2D eigenvalue weighted by atomic mass is 10.1. The van der Waals surface area contributed by atoms with Crippen molar-refractivity contribution >= 4 is 0 Å². The van der Waals surface area contributed by atoms with Crippen molar-refractivity contribution in [3.63, 3.8) is 0 Å². The molecule has 1 N–H and O–H groups in total. The van der Waals surface area contributed by atoms with Crippen LogP contribution in [0, 0.1) is 6.92 Å². The first kappa shape index (κ1) is 19.1. The van der Waals surface area contributed by atoms with Gasteiger partial charge in [-0.25, -0.2) is 4.98 Å². The highest BCUT2D eigenvalue weighted by Crippen LogP contribution is 2.38. The second kappa shape index (κ2) is 7.28. The van der Waals surface area contributed by atoms with Gasteiger partial charge in [0, 0.05) is 16.8 Å². The Morgan fingerprint density at radius 3 is 2.31 bits per heavy atom. The normalized spacial score (nSPS) is 11.8. The van der Waals surface area contributed by atoms with Crippen LogP contribution in [0.3, 0.4) is 0 Å². The number of alkyl halides is 3. The molecule has 4 rings (SSSR count). The second-order valence-corrected chi connectivity index (χ2v) is 6.82. The maximum absolute atomic E-state index is 13.3. The zero-order valence-electron chi connectivity index (χ0n) is 16.0. The van der Waals surface area contributed by atoms with Crippen LogP contribution in [0.1, 0.15) is 23.7 Å². The first-order valence-electron chi connectivity index (χ1n) is 9.29. The molecule has 0 radical (unpaired) electrons. The molecule has 0 aliphatic carbocycles. The van der Waals surface area contributed by atoms with E-state index in [2.05, 4.69) is 29.0 Å². The fraction of sp³-hybridized carbons (Fsp3) is 0.174. The van der Waals surface area contributed by atoms with Gasteiger partial charge in [0.15, 0.2) is 11.6 Å². The summed E-state index contributed by atoms with van der Waals surface area (Å²) in [6.07, 6.45) is -3.50. The summed E-state index contributed by atoms with van der Waals surface area (Å²) in [6, 6.07) is 16.7. The highest BCUT2D eigenvalue weighted by Gasteiger charge is 2.34. The smallest absolute Gasteiger partial charge is 0.417 e. The van der Waals surface area contributed by atoms with E-state index in [1.54, 1.807) is 12.1 Å². The van der Waals surface area contributed by atoms with Gasteiger partial charge in [0.2, 0.25) is 0 Å². The highest BCUT2D eigenvalue weighted by molar-refractivity contribution is 5.69. The Morgan fingerprint density at radius 1 is 0.931 bits per heavy atom. The average Bonchev–Trinajstić information content (AvgIpc) is 3.34. The van der Waals surface area contributed by atoms with Gasteiger partial charge in [-0.3, -0.25) is 0 Å². The zero-order valence-corrected chi connectivity index (χ0v) is 16.0. The van der Waals surface area contributed by atoms with Crippen LogP contribution in [0.15, 0.2) is 65.1 Å². The minimum atomic E-state index is -4.46. The molecule has 0 amide bonds. The Morgan fingerprint density at radius 2 is 1.62 bits per heavy atom. The minimum Gasteiger partial charge on any atom is -0.453 e. The SMILES string of the molecule is CCc1ccc(-c2nc(-c3ccc(-c4ccccc4C(F)(F)F)o3)[nH]c2C)cc1. The Hall–Kier alpha value is -3.28. The molecule has 0 aliphatic heterocycles. The van der Waals surface area contributed by atoms with E-state index in [0.717, 1.165) is 29.4 Å². The number of rotatable bonds is 4. The molecule has 3 nitrogen and oxygen atoms in total. The molecule has 0 saturated heterocycles. The van der Waals surface area contributed by atoms with Gasteiger partial charge >= 0.3 is 6.18 Å². The summed E-state index contributed by atoms with van der Waals surface area (Å²) in [4.78, 5) is 7.78. The summed E-state index contributed by atoms with van der Waals surface area (Å²) < 4.78 is 45.6. The Kier molecular flexibility index (Phi) is 4.78. The topological polar surface area (TPSA) is 41.8 Å². The molecule has 0 saturated carbocycles. The highest BCUT2D eigenvalue weighted by atomic mass is 19.4. The van der Waals surface area contributed by atoms with Crippen molar-refractivity contribution in [3.05, 3.63) is 77.5 Å². The van der Waals surface area contributed by atoms with E-state index < -0.39 is 11.7 Å². The van der Waals surface area contributed by atoms with Crippen LogP contribution >= 0.6 is 0 Å². The minimum absolute atomic E-state index is 0.00454. The predicted octanol–water partition coefficient (Wildman–Crippen LogP) is 6.89. The number of hydrogen-bond donors (Lipinski definition) is 1. The lowest BCUT2D eigenvalue weighted by Gasteiger charge is -2.10. The largest absolute Gasteiger partial charge is 0.453 e. The first-order valence-corrected chi connectivity index (χ1v) is 9.29. The van der Waals surface area contributed by atoms with Crippen LogP contribution < -0.4 is 0 Å². The molecular weight excluding hydrogens is 377 g/mol. The third-order valence-corrected chi connectivity index (χ3v) is 4.86. The molecule has 2 aromatic heterocycles. The molecule has 0 bridgehead atoms. The van der Waals surface area contributed by atoms with Gasteiger partial charge in [-0.15, -0.1) is 0 Å². The van der Waals surface area contributed by atoms with Gasteiger partial charge < -0.3 is 9.40 Å². The van der Waals surface area contributed by atoms with Crippen molar-refractivity contribution in [2.75, 3.05) is 0 Å². The number of halogens is 3. The monoisotopic (exact) mass is 396 g/mol. The van der Waals surface area contributed by atoms with Crippen molar-refractivity contribution in [2.45, 2.75) is 26.4 Å². The number of nitrogens with zero attached hydrogens (tertiary/aromatic N) is 1. The maximum atomic E-state index is 13.3. The number of aromatic nitrogens is 2. The molecule has 29 heavy (non-hydrogen) atoms. The molecule has 2 heterocycles. The lowest BCUT2D eigenvalue weighted by molar-refractivity contribution is -0.137. The third-order valence-electron chi connectivity index (χ3n) is 4.86. The van der Waals surface area contributed by atoms with Gasteiger partial charge in [-0.2, -0.15) is 13.2 Å². The summed E-state index contributed by atoms with van der Waals surface area (Å²) >= 11 is 0. The molecule has 6 heteroatoms. The molecule has 4 aromatic rings. The molecule has 0 aliphatic rings. The first-order chi connectivity index (χ1) is 13.9. The predicted molar refractivity (Wildman–Crippen MR) is 106 cm³/mol. The average molecular weight is 396 g/mol. The fourth-order valence-electron chi connectivity index (χ4n) is 3.31. The Balaban J connectivity index is 1.69. The number of H-pyrrole nitrogens is 1. The van der Waals surface area contributed by atoms with Crippen molar-refractivity contribution < 1.29 is 17.6 Å². The van der Waals surface area contributed by atoms with Crippen LogP contribution in [-0.4, -0.2) is 9.97 Å². The van der Waals surface area contributed by atoms with E-state index in [1.165, 1.54) is 23.8 Å². The van der Waals surface area contributed by atoms with Gasteiger partial charge in [0.25, 0.3) is 0 Å². The molecular formula is C23H19F3N2O. The van der Waals surface area contributed by atoms with Crippen molar-refractivity contribution in [3.8, 4) is 34.2 Å². The Labute approximate surface area is 166 Å². The van der Waals surface area contributed by atoms with E-state index in [9.17, 15) is 13.2 Å². The summed E-state index contributed by atoms with van der Waals surface area (Å²) in [5, 5.41) is 0. The van der Waals surface area contributed by atoms with Gasteiger partial charge in [-0.05, 0) is 37.1 Å². The number of nitrogens with one attached hydrogen (secondary N) is 1. The van der Waals surface area contributed by atoms with E-state index in [-0.39, 0.29) is 11.3 Å². The van der Waals surface area contributed by atoms with Crippen molar-refractivity contribution in [1.29, 1.82) is 0 Å². The quantitative estimate of drug-likeness (QED) is 0.408. The lowest BCUT2D eigenvalue weighted by Crippen LogP contribution is -2.06. The molecule has 2 aromatic carbocycles. The standard InChI is InChI=1S/C23H19F3N2O/c1-3-15-8-10-16(11-9-15)21-14(2)27-22(28-21)20-13-12-19(29-20)17-6-4-5-7-18(17)23(24,25)26/h4-13H,3H2,1-2H3,(H,27,28). The van der Waals surface area contributed by atoms with Gasteiger partial charge in [-0.1, -0.05) is 49.4 Å². The number of hydrogen-bond acceptors (Lipinski definition) is 2. The number of aromatic amines is 1. The number of aryl methyl sites for hydroxylation is 2. The van der Waals surface area contributed by atoms with E-state index >= 15 is 0 Å². The van der Waals surface area contributed by atoms with Crippen LogP contribution in [0.5, 0.6) is 0 Å². The van der Waals surface area contributed by atoms with E-state index in [0.29, 0.717) is 11.6 Å². The summed E-state index contributed by atoms with van der Waals surface area (Å²) in [5.74, 6) is 1.01. The molecule has 0 spiro atoms. The van der Waals surface area contributed by atoms with Crippen LogP contribution in [-0.2, 0) is 12.6 Å². The van der Waals surface area contributed by atoms with Gasteiger partial charge in [0.05, 0.1) is 11.3 Å². The third kappa shape index (κ3) is 3.70. The van der Waals surface area contributed by atoms with Crippen LogP contribution in [0.4, 0.5) is 13.2 Å². The van der Waals surface area contributed by atoms with Gasteiger partial charge in [0.1, 0.15) is 5.76 Å². The summed E-state index contributed by atoms with van der Waals surface area (Å²) in [7, 11) is 0. The Bertz CT molecular complexity index is 1140. The number of furan rings is 1. The summed E-state index contributed by atoms with van der Waals surface area (Å²) in [5.41, 5.74) is 3.13. The van der Waals surface area contributed by atoms with Crippen LogP contribution in [0.25, 0.3) is 34.2 Å². The van der Waals surface area contributed by atoms with Crippen molar-refractivity contribution in [1.82, 2.24) is 9.97 Å². The maximum Gasteiger partial charge on any atom is 0.417 e. The number of imidazole rings is 1. The molecule has 148 valence electrons. The molecule has 0 atom stereocenters. The summed E-state index contributed by atoms with van der Waals surface area (Å²) in [6.45, 7) is 4.00. The van der Waals surface area contributed by atoms with E-state index in [1.807, 2.05) is 19.1 Å². The zero-order chi connectivity index (χ0) is 20.6. The van der Waals surface area contributed by atoms with E-state index in [4.69, 9.17) is 4.42 Å². The molecule has 0 fully saturated rings. The number of benzene rings is 2.